The van der Waals surface area contributed by atoms with Crippen LogP contribution in [0.5, 0.6) is 0 Å². The van der Waals surface area contributed by atoms with Gasteiger partial charge in [0, 0.05) is 10.1 Å². The first kappa shape index (κ1) is 14.8. The second-order valence-electron chi connectivity index (χ2n) is 5.78. The number of hydrogen-bond donors (Lipinski definition) is 0. The van der Waals surface area contributed by atoms with Gasteiger partial charge in [0.2, 0.25) is 0 Å². The normalized spacial score (nSPS) is 14.3. The first-order valence-electron chi connectivity index (χ1n) is 5.20. The van der Waals surface area contributed by atoms with E-state index in [1.54, 1.807) is 18.4 Å². The summed E-state index contributed by atoms with van der Waals surface area (Å²) >= 11 is 6.76. The Labute approximate surface area is 100 Å². The fraction of sp³-hybridized carbons (Fsp3) is 0.667. The largest absolute Gasteiger partial charge is 0.534 e. The van der Waals surface area contributed by atoms with Gasteiger partial charge in [0.1, 0.15) is 0 Å². The third kappa shape index (κ3) is 3.39. The molecule has 0 aromatic heterocycles. The Kier molecular flexibility index (Phi) is 4.68. The van der Waals surface area contributed by atoms with E-state index in [-0.39, 0.29) is 10.1 Å². The van der Waals surface area contributed by atoms with Crippen molar-refractivity contribution in [1.29, 1.82) is 0 Å². The van der Waals surface area contributed by atoms with Gasteiger partial charge in [0.05, 0.1) is 6.26 Å². The lowest BCUT2D eigenvalue weighted by atomic mass is 10.2. The van der Waals surface area contributed by atoms with Crippen molar-refractivity contribution in [2.75, 3.05) is 0 Å². The molecule has 0 spiro atoms. The molecule has 15 heavy (non-hydrogen) atoms. The van der Waals surface area contributed by atoms with E-state index < -0.39 is 7.63 Å². The quantitative estimate of drug-likeness (QED) is 0.295. The number of rotatable bonds is 3. The van der Waals surface area contributed by atoms with Crippen LogP contribution in [-0.2, 0) is 4.43 Å². The highest BCUT2D eigenvalue weighted by Gasteiger charge is 2.55. The SMILES string of the molecule is C=C/C=C\O[Si](Cl)(C(C)(C)C)C(C)(C)C. The summed E-state index contributed by atoms with van der Waals surface area (Å²) in [6, 6.07) is 0. The summed E-state index contributed by atoms with van der Waals surface area (Å²) in [5.74, 6) is 0. The van der Waals surface area contributed by atoms with Gasteiger partial charge in [-0.2, -0.15) is 0 Å². The van der Waals surface area contributed by atoms with Gasteiger partial charge < -0.3 is 4.43 Å². The predicted octanol–water partition coefficient (Wildman–Crippen LogP) is 4.98. The zero-order valence-electron chi connectivity index (χ0n) is 10.7. The van der Waals surface area contributed by atoms with Crippen molar-refractivity contribution >= 4 is 18.7 Å². The topological polar surface area (TPSA) is 9.23 Å². The molecule has 0 aromatic rings. The summed E-state index contributed by atoms with van der Waals surface area (Å²) < 4.78 is 5.85. The molecular weight excluding hydrogens is 224 g/mol. The van der Waals surface area contributed by atoms with Gasteiger partial charge in [-0.15, -0.1) is 11.1 Å². The van der Waals surface area contributed by atoms with Gasteiger partial charge in [-0.3, -0.25) is 0 Å². The fourth-order valence-corrected chi connectivity index (χ4v) is 5.04. The third-order valence-corrected chi connectivity index (χ3v) is 10.4. The van der Waals surface area contributed by atoms with Crippen molar-refractivity contribution in [3.05, 3.63) is 25.0 Å². The van der Waals surface area contributed by atoms with Crippen LogP contribution in [0.1, 0.15) is 41.5 Å². The molecule has 0 unspecified atom stereocenters. The lowest BCUT2D eigenvalue weighted by Gasteiger charge is -2.44. The zero-order valence-corrected chi connectivity index (χ0v) is 12.5. The van der Waals surface area contributed by atoms with Crippen LogP contribution in [0.15, 0.2) is 25.0 Å². The molecule has 0 bridgehead atoms. The maximum atomic E-state index is 6.76. The van der Waals surface area contributed by atoms with E-state index >= 15 is 0 Å². The van der Waals surface area contributed by atoms with E-state index in [1.165, 1.54) is 0 Å². The third-order valence-electron chi connectivity index (χ3n) is 2.37. The van der Waals surface area contributed by atoms with Crippen molar-refractivity contribution in [3.8, 4) is 0 Å². The molecule has 0 N–H and O–H groups in total. The second kappa shape index (κ2) is 4.75. The van der Waals surface area contributed by atoms with Crippen molar-refractivity contribution in [2.45, 2.75) is 51.6 Å². The summed E-state index contributed by atoms with van der Waals surface area (Å²) in [4.78, 5) is 0. The highest BCUT2D eigenvalue weighted by molar-refractivity contribution is 7.19. The van der Waals surface area contributed by atoms with Crippen molar-refractivity contribution < 1.29 is 4.43 Å². The van der Waals surface area contributed by atoms with Crippen LogP contribution in [0.2, 0.25) is 10.1 Å². The number of halogens is 1. The Balaban J connectivity index is 5.06. The molecule has 0 saturated heterocycles. The predicted molar refractivity (Wildman–Crippen MR) is 71.5 cm³/mol. The zero-order chi connectivity index (χ0) is 12.3. The maximum absolute atomic E-state index is 6.76. The minimum atomic E-state index is -2.35. The van der Waals surface area contributed by atoms with Gasteiger partial charge in [0.15, 0.2) is 0 Å². The van der Waals surface area contributed by atoms with E-state index in [2.05, 4.69) is 48.1 Å². The molecule has 0 atom stereocenters. The molecule has 0 heterocycles. The average Bonchev–Trinajstić information content (AvgIpc) is 2.00. The van der Waals surface area contributed by atoms with Gasteiger partial charge in [-0.1, -0.05) is 54.2 Å². The molecule has 0 radical (unpaired) electrons. The molecule has 0 aliphatic heterocycles. The Hall–Kier alpha value is -0.213. The monoisotopic (exact) mass is 246 g/mol. The van der Waals surface area contributed by atoms with Crippen molar-refractivity contribution in [3.63, 3.8) is 0 Å². The average molecular weight is 247 g/mol. The maximum Gasteiger partial charge on any atom is 0.357 e. The molecule has 0 aliphatic rings. The second-order valence-corrected chi connectivity index (χ2v) is 11.8. The number of hydrogen-bond acceptors (Lipinski definition) is 1. The molecule has 88 valence electrons. The highest BCUT2D eigenvalue weighted by Crippen LogP contribution is 2.54. The molecule has 0 saturated carbocycles. The van der Waals surface area contributed by atoms with Gasteiger partial charge in [-0.25, -0.2) is 0 Å². The van der Waals surface area contributed by atoms with E-state index in [9.17, 15) is 0 Å². The molecule has 0 aliphatic carbocycles. The van der Waals surface area contributed by atoms with E-state index in [1.807, 2.05) is 0 Å². The molecule has 3 heteroatoms. The smallest absolute Gasteiger partial charge is 0.357 e. The Morgan fingerprint density at radius 1 is 1.07 bits per heavy atom. The van der Waals surface area contributed by atoms with Crippen LogP contribution in [0.3, 0.4) is 0 Å². The summed E-state index contributed by atoms with van der Waals surface area (Å²) in [6.45, 7) is 16.4. The standard InChI is InChI=1S/C12H23ClOSi/c1-8-9-10-14-15(13,11(2,3)4)12(5,6)7/h8-10H,1H2,2-7H3/b10-9-. The minimum Gasteiger partial charge on any atom is -0.534 e. The molecule has 1 nitrogen and oxygen atoms in total. The first-order chi connectivity index (χ1) is 6.56. The molecule has 0 fully saturated rings. The van der Waals surface area contributed by atoms with Crippen molar-refractivity contribution in [2.24, 2.45) is 0 Å². The summed E-state index contributed by atoms with van der Waals surface area (Å²) in [7, 11) is -2.35. The van der Waals surface area contributed by atoms with Gasteiger partial charge in [0.25, 0.3) is 0 Å². The van der Waals surface area contributed by atoms with E-state index in [0.29, 0.717) is 0 Å². The summed E-state index contributed by atoms with van der Waals surface area (Å²) in [5.41, 5.74) is 0. The summed E-state index contributed by atoms with van der Waals surface area (Å²) in [6.07, 6.45) is 5.14. The molecule has 0 rings (SSSR count). The molecule has 0 aromatic carbocycles. The lowest BCUT2D eigenvalue weighted by Crippen LogP contribution is -2.48. The van der Waals surface area contributed by atoms with Crippen LogP contribution < -0.4 is 0 Å². The Bertz CT molecular complexity index is 231. The van der Waals surface area contributed by atoms with Crippen LogP contribution in [0.25, 0.3) is 0 Å². The van der Waals surface area contributed by atoms with Gasteiger partial charge in [-0.05, 0) is 6.08 Å². The van der Waals surface area contributed by atoms with Crippen LogP contribution in [-0.4, -0.2) is 7.63 Å². The fourth-order valence-electron chi connectivity index (χ4n) is 1.67. The van der Waals surface area contributed by atoms with Crippen LogP contribution >= 0.6 is 11.1 Å². The van der Waals surface area contributed by atoms with E-state index in [4.69, 9.17) is 15.5 Å². The first-order valence-corrected chi connectivity index (χ1v) is 8.12. The Morgan fingerprint density at radius 2 is 1.47 bits per heavy atom. The number of allylic oxidation sites excluding steroid dienone is 2. The van der Waals surface area contributed by atoms with Crippen molar-refractivity contribution in [1.82, 2.24) is 0 Å². The lowest BCUT2D eigenvalue weighted by molar-refractivity contribution is 0.398. The van der Waals surface area contributed by atoms with Crippen LogP contribution in [0.4, 0.5) is 0 Å². The highest BCUT2D eigenvalue weighted by atomic mass is 35.6. The minimum absolute atomic E-state index is 0.0156. The van der Waals surface area contributed by atoms with Gasteiger partial charge >= 0.3 is 7.63 Å². The Morgan fingerprint density at radius 3 is 1.73 bits per heavy atom. The molecular formula is C12H23ClOSi. The van der Waals surface area contributed by atoms with Crippen LogP contribution in [0, 0.1) is 0 Å². The van der Waals surface area contributed by atoms with E-state index in [0.717, 1.165) is 0 Å². The summed E-state index contributed by atoms with van der Waals surface area (Å²) in [5, 5.41) is -0.0311. The molecule has 0 amide bonds.